The van der Waals surface area contributed by atoms with Gasteiger partial charge in [0.2, 0.25) is 24.4 Å². The van der Waals surface area contributed by atoms with Gasteiger partial charge in [0.1, 0.15) is 17.8 Å². The van der Waals surface area contributed by atoms with Gasteiger partial charge >= 0.3 is 69.0 Å². The minimum Gasteiger partial charge on any atom is -0.466 e. The topological polar surface area (TPSA) is 436 Å². The first-order valence-electron chi connectivity index (χ1n) is 29.5. The molecule has 2 unspecified atom stereocenters. The van der Waals surface area contributed by atoms with Gasteiger partial charge in [-0.1, -0.05) is 7.43 Å². The molecule has 4 bridgehead atoms. The molecule has 38 heteroatoms. The fourth-order valence-corrected chi connectivity index (χ4v) is 11.6. The molecule has 93 heavy (non-hydrogen) atoms. The third-order valence-corrected chi connectivity index (χ3v) is 16.1. The van der Waals surface area contributed by atoms with Crippen LogP contribution in [0.3, 0.4) is 0 Å². The lowest BCUT2D eigenvalue weighted by Crippen LogP contribution is -2.54. The number of amides is 7. The number of nitrogens with zero attached hydrogens (tertiary/aromatic N) is 6. The van der Waals surface area contributed by atoms with Crippen molar-refractivity contribution < 1.29 is 120 Å². The summed E-state index contributed by atoms with van der Waals surface area (Å²) < 4.78 is 103. The number of rotatable bonds is 24. The van der Waals surface area contributed by atoms with Crippen LogP contribution in [0.15, 0.2) is 24.3 Å². The van der Waals surface area contributed by atoms with E-state index >= 15 is 0 Å². The van der Waals surface area contributed by atoms with Crippen LogP contribution in [0.5, 0.6) is 5.75 Å². The highest BCUT2D eigenvalue weighted by atomic mass is 32.3. The van der Waals surface area contributed by atoms with Gasteiger partial charge in [-0.2, -0.15) is 27.0 Å². The number of hydroxylamine groups is 4. The van der Waals surface area contributed by atoms with Crippen molar-refractivity contribution in [3.05, 3.63) is 34.4 Å². The molecule has 0 saturated carbocycles. The summed E-state index contributed by atoms with van der Waals surface area (Å²) in [6.07, 6.45) is 0.140. The van der Waals surface area contributed by atoms with Gasteiger partial charge in [0.05, 0.1) is 54.3 Å². The summed E-state index contributed by atoms with van der Waals surface area (Å²) in [5.74, 6) is -2.99. The zero-order valence-electron chi connectivity index (χ0n) is 52.7. The molecule has 6 heterocycles. The van der Waals surface area contributed by atoms with Gasteiger partial charge < -0.3 is 63.8 Å². The number of nitrogens with one attached hydrogen (secondary N) is 3. The largest absolute Gasteiger partial charge is 0.516 e. The molecule has 0 aromatic heterocycles. The molecule has 0 spiro atoms. The van der Waals surface area contributed by atoms with E-state index in [4.69, 9.17) is 40.6 Å². The van der Waals surface area contributed by atoms with Crippen molar-refractivity contribution in [2.75, 3.05) is 65.7 Å². The molecule has 6 aliphatic rings. The maximum atomic E-state index is 13.1. The third kappa shape index (κ3) is 23.3. The molecule has 7 amide bonds. The normalized spacial score (nSPS) is 20.6. The highest BCUT2D eigenvalue weighted by molar-refractivity contribution is 7.82. The molecule has 1 aromatic rings. The lowest BCUT2D eigenvalue weighted by atomic mass is 9.95. The summed E-state index contributed by atoms with van der Waals surface area (Å²) in [6.45, 7) is 16.0. The number of fused-ring (bicyclic) bond motifs is 4. The average molecular weight is 1370 g/mol. The number of hydrogen-bond donors (Lipinski definition) is 3. The molecule has 0 aliphatic carbocycles. The summed E-state index contributed by atoms with van der Waals surface area (Å²) in [5.41, 5.74) is -2.63. The van der Waals surface area contributed by atoms with Crippen molar-refractivity contribution >= 4 is 86.5 Å². The Morgan fingerprint density at radius 2 is 1.04 bits per heavy atom. The highest BCUT2D eigenvalue weighted by Gasteiger charge is 2.52. The van der Waals surface area contributed by atoms with Gasteiger partial charge in [0, 0.05) is 78.1 Å². The van der Waals surface area contributed by atoms with Gasteiger partial charge in [0.15, 0.2) is 0 Å². The molecule has 524 valence electrons. The Balaban J connectivity index is 0.000000315. The van der Waals surface area contributed by atoms with Crippen molar-refractivity contribution in [3.63, 3.8) is 0 Å². The Hall–Kier alpha value is -7.78. The molecule has 6 fully saturated rings. The summed E-state index contributed by atoms with van der Waals surface area (Å²) in [5, 5.41) is 21.0. The smallest absolute Gasteiger partial charge is 0.466 e. The zero-order valence-corrected chi connectivity index (χ0v) is 54.3. The first-order valence-corrected chi connectivity index (χ1v) is 32.2. The number of piperidine rings is 4. The third-order valence-electron chi connectivity index (χ3n) is 14.6. The number of nitro groups is 1. The molecular weight excluding hydrogens is 1280 g/mol. The van der Waals surface area contributed by atoms with Crippen LogP contribution in [-0.4, -0.2) is 221 Å². The summed E-state index contributed by atoms with van der Waals surface area (Å²) >= 11 is 0. The molecule has 6 atom stereocenters. The van der Waals surface area contributed by atoms with Crippen LogP contribution < -0.4 is 20.7 Å². The van der Waals surface area contributed by atoms with Crippen LogP contribution in [0.4, 0.5) is 24.9 Å². The van der Waals surface area contributed by atoms with Crippen LogP contribution in [-0.2, 0) is 94.9 Å². The van der Waals surface area contributed by atoms with E-state index in [1.54, 1.807) is 13.8 Å². The lowest BCUT2D eigenvalue weighted by Gasteiger charge is -2.34. The predicted octanol–water partition coefficient (Wildman–Crippen LogP) is 3.22. The predicted molar refractivity (Wildman–Crippen MR) is 317 cm³/mol. The number of esters is 4. The van der Waals surface area contributed by atoms with Crippen molar-refractivity contribution in [1.82, 2.24) is 40.8 Å². The lowest BCUT2D eigenvalue weighted by molar-refractivity contribution is -0.384. The van der Waals surface area contributed by atoms with E-state index in [0.717, 1.165) is 31.0 Å². The monoisotopic (exact) mass is 1370 g/mol. The first kappa shape index (κ1) is 77.7. The van der Waals surface area contributed by atoms with E-state index in [9.17, 15) is 74.9 Å². The van der Waals surface area contributed by atoms with Crippen LogP contribution >= 0.6 is 0 Å². The number of ether oxygens (including phenoxy) is 7. The van der Waals surface area contributed by atoms with Crippen molar-refractivity contribution in [2.24, 2.45) is 10.8 Å². The number of urea groups is 2. The van der Waals surface area contributed by atoms with Gasteiger partial charge in [0.25, 0.3) is 5.69 Å². The zero-order chi connectivity index (χ0) is 68.5. The number of non-ortho nitro benzene ring substituents is 1. The molecule has 3 N–H and O–H groups in total. The number of carbonyl (C=O) groups is 10. The summed E-state index contributed by atoms with van der Waals surface area (Å²) in [7, 11) is -9.32. The second-order valence-corrected chi connectivity index (χ2v) is 25.4. The number of nitro benzene ring substituents is 1. The number of carbonyl (C=O) groups excluding carboxylic acids is 10. The van der Waals surface area contributed by atoms with Crippen molar-refractivity contribution in [2.45, 2.75) is 177 Å². The molecule has 7 rings (SSSR count). The van der Waals surface area contributed by atoms with E-state index < -0.39 is 141 Å². The van der Waals surface area contributed by atoms with E-state index in [1.807, 2.05) is 0 Å². The van der Waals surface area contributed by atoms with Gasteiger partial charge in [-0.25, -0.2) is 27.5 Å². The summed E-state index contributed by atoms with van der Waals surface area (Å²) in [6, 6.07) is 0.550. The van der Waals surface area contributed by atoms with Crippen molar-refractivity contribution in [3.8, 4) is 5.75 Å². The van der Waals surface area contributed by atoms with Gasteiger partial charge in [-0.15, -0.1) is 8.57 Å². The first-order chi connectivity index (χ1) is 43.0. The molecule has 6 aliphatic heterocycles. The Kier molecular flexibility index (Phi) is 28.7. The average Bonchev–Trinajstić information content (AvgIpc) is 1.64. The number of benzene rings is 1. The Morgan fingerprint density at radius 1 is 0.634 bits per heavy atom. The SMILES string of the molecule is C.CC(=O)OC(C)OC(=O)Oc1ccc([N+](=O)[O-])cc1.CCOC(=O)C(C)(C)COS(=O)(=O)ON1C(=O)N2C[C@H]1CC[C@H]2C(=O)NC1CCN(C(=O)OC(C)OC(C)=O)CC1.CCOC(=O)C(C)(C)COS(=O)(=O)ON1C(=O)N2C[C@H]1CC[C@H]2C(=O)NC1CCNCC1. The minimum atomic E-state index is -4.70. The maximum absolute atomic E-state index is 13.1. The van der Waals surface area contributed by atoms with E-state index in [1.165, 1.54) is 94.4 Å². The number of hydrogen-bond acceptors (Lipinski definition) is 28. The molecule has 36 nitrogen and oxygen atoms in total. The minimum absolute atomic E-state index is 0. The standard InChI is InChI=1S/C24H38N4O12S.C19H32N4O8S.C11H11NO7.CH4/c1-6-36-21(31)24(4,5)14-37-41(34,35)40-28-18-7-8-19(27(13-18)22(28)32)20(30)25-17-9-11-26(12-10-17)23(33)39-16(3)38-15(2)29;1-4-29-17(25)19(2,3)12-30-32(27,28)31-23-14-5-6-15(22(11-14)18(23)26)16(24)21-13-7-9-20-10-8-13;1-7(13)17-8(2)18-11(14)19-10-5-3-9(4-6-10)12(15)16;/h16-19H,6-14H2,1-5H3,(H,25,30);13-15,20H,4-12H2,1-3H3,(H,21,24);3-6,8H,1-2H3;1H4/t16?,18-,19+;14-,15+;;/m11../s1. The van der Waals surface area contributed by atoms with Crippen LogP contribution in [0.1, 0.15) is 128 Å². The van der Waals surface area contributed by atoms with Gasteiger partial charge in [-0.3, -0.25) is 38.9 Å². The summed E-state index contributed by atoms with van der Waals surface area (Å²) in [4.78, 5) is 135. The Morgan fingerprint density at radius 3 is 1.44 bits per heavy atom. The van der Waals surface area contributed by atoms with E-state index in [-0.39, 0.29) is 69.6 Å². The fourth-order valence-electron chi connectivity index (χ4n) is 9.85. The Bertz CT molecular complexity index is 3050. The molecular formula is C55H85N9O27S2. The van der Waals surface area contributed by atoms with Crippen LogP contribution in [0, 0.1) is 20.9 Å². The fraction of sp³-hybridized carbons (Fsp3) is 0.709. The van der Waals surface area contributed by atoms with Crippen molar-refractivity contribution in [1.29, 1.82) is 0 Å². The second kappa shape index (κ2) is 34.4. The van der Waals surface area contributed by atoms with E-state index in [0.29, 0.717) is 50.3 Å². The quantitative estimate of drug-likeness (QED) is 0.0334. The molecule has 1 aromatic carbocycles. The van der Waals surface area contributed by atoms with E-state index in [2.05, 4.69) is 25.4 Å². The Labute approximate surface area is 538 Å². The molecule has 6 saturated heterocycles. The second-order valence-electron chi connectivity index (χ2n) is 23.0. The maximum Gasteiger partial charge on any atom is 0.516 e. The van der Waals surface area contributed by atoms with Gasteiger partial charge in [-0.05, 0) is 118 Å². The highest BCUT2D eigenvalue weighted by Crippen LogP contribution is 2.34. The van der Waals surface area contributed by atoms with Crippen LogP contribution in [0.25, 0.3) is 0 Å². The molecule has 0 radical (unpaired) electrons. The van der Waals surface area contributed by atoms with Crippen LogP contribution in [0.2, 0.25) is 0 Å². The number of likely N-dealkylation sites (tertiary alicyclic amines) is 1.